The molecular formula is C18H18N2OS. The maximum Gasteiger partial charge on any atom is 0.134 e. The van der Waals surface area contributed by atoms with Gasteiger partial charge in [0, 0.05) is 16.7 Å². The average molecular weight is 310 g/mol. The molecule has 4 heteroatoms. The van der Waals surface area contributed by atoms with Crippen molar-refractivity contribution in [3.63, 3.8) is 0 Å². The van der Waals surface area contributed by atoms with Gasteiger partial charge >= 0.3 is 0 Å². The van der Waals surface area contributed by atoms with Gasteiger partial charge in [0.25, 0.3) is 0 Å². The highest BCUT2D eigenvalue weighted by Gasteiger charge is 2.20. The molecule has 1 aliphatic carbocycles. The molecule has 3 nitrogen and oxygen atoms in total. The van der Waals surface area contributed by atoms with E-state index in [2.05, 4.69) is 11.1 Å². The van der Waals surface area contributed by atoms with Crippen LogP contribution >= 0.6 is 11.3 Å². The first-order chi connectivity index (χ1) is 10.8. The van der Waals surface area contributed by atoms with Gasteiger partial charge in [-0.2, -0.15) is 5.26 Å². The first-order valence-corrected chi connectivity index (χ1v) is 8.45. The smallest absolute Gasteiger partial charge is 0.134 e. The lowest BCUT2D eigenvalue weighted by molar-refractivity contribution is 0.340. The Kier molecular flexibility index (Phi) is 4.55. The third-order valence-corrected chi connectivity index (χ3v) is 5.00. The van der Waals surface area contributed by atoms with Gasteiger partial charge in [-0.1, -0.05) is 12.1 Å². The Morgan fingerprint density at radius 1 is 1.32 bits per heavy atom. The van der Waals surface area contributed by atoms with Crippen molar-refractivity contribution in [3.8, 4) is 11.8 Å². The summed E-state index contributed by atoms with van der Waals surface area (Å²) in [5, 5.41) is 10.3. The Bertz CT molecular complexity index is 740. The van der Waals surface area contributed by atoms with Gasteiger partial charge < -0.3 is 4.74 Å². The second-order valence-electron chi connectivity index (χ2n) is 5.23. The Labute approximate surface area is 134 Å². The van der Waals surface area contributed by atoms with Crippen LogP contribution < -0.4 is 4.74 Å². The Hall–Kier alpha value is -2.12. The normalized spacial score (nSPS) is 13.8. The largest absolute Gasteiger partial charge is 0.493 e. The predicted octanol–water partition coefficient (Wildman–Crippen LogP) is 4.65. The summed E-state index contributed by atoms with van der Waals surface area (Å²) in [6.07, 6.45) is 6.30. The summed E-state index contributed by atoms with van der Waals surface area (Å²) in [6, 6.07) is 10.2. The van der Waals surface area contributed by atoms with E-state index in [1.165, 1.54) is 23.3 Å². The Morgan fingerprint density at radius 3 is 2.95 bits per heavy atom. The van der Waals surface area contributed by atoms with E-state index >= 15 is 0 Å². The minimum Gasteiger partial charge on any atom is -0.493 e. The van der Waals surface area contributed by atoms with Crippen molar-refractivity contribution in [1.29, 1.82) is 5.26 Å². The summed E-state index contributed by atoms with van der Waals surface area (Å²) in [7, 11) is 0. The molecule has 0 saturated heterocycles. The minimum atomic E-state index is 0.627. The van der Waals surface area contributed by atoms with Crippen molar-refractivity contribution in [1.82, 2.24) is 0 Å². The number of aryl methyl sites for hydroxylation is 1. The highest BCUT2D eigenvalue weighted by atomic mass is 32.1. The van der Waals surface area contributed by atoms with E-state index in [-0.39, 0.29) is 0 Å². The number of ether oxygens (including phenoxy) is 1. The van der Waals surface area contributed by atoms with Crippen molar-refractivity contribution < 1.29 is 4.74 Å². The molecule has 0 unspecified atom stereocenters. The zero-order chi connectivity index (χ0) is 15.4. The Morgan fingerprint density at radius 2 is 2.14 bits per heavy atom. The monoisotopic (exact) mass is 310 g/mol. The first-order valence-electron chi connectivity index (χ1n) is 7.64. The summed E-state index contributed by atoms with van der Waals surface area (Å²) in [5.74, 6) is 0.827. The summed E-state index contributed by atoms with van der Waals surface area (Å²) in [6.45, 7) is 2.59. The van der Waals surface area contributed by atoms with Crippen LogP contribution in [0, 0.1) is 11.3 Å². The second-order valence-corrected chi connectivity index (χ2v) is 6.32. The number of benzene rings is 1. The van der Waals surface area contributed by atoms with Gasteiger partial charge in [0.1, 0.15) is 16.8 Å². The molecule has 1 aromatic carbocycles. The van der Waals surface area contributed by atoms with Crippen molar-refractivity contribution in [2.45, 2.75) is 32.6 Å². The number of thiophene rings is 1. The third kappa shape index (κ3) is 2.90. The van der Waals surface area contributed by atoms with Crippen molar-refractivity contribution in [2.75, 3.05) is 6.61 Å². The van der Waals surface area contributed by atoms with E-state index in [4.69, 9.17) is 4.74 Å². The fourth-order valence-electron chi connectivity index (χ4n) is 2.76. The molecule has 1 heterocycles. The molecule has 0 saturated carbocycles. The van der Waals surface area contributed by atoms with Crippen molar-refractivity contribution in [3.05, 3.63) is 45.8 Å². The number of para-hydroxylation sites is 1. The molecule has 0 amide bonds. The number of fused-ring (bicyclic) bond motifs is 1. The van der Waals surface area contributed by atoms with Crippen LogP contribution in [0.15, 0.2) is 29.3 Å². The number of nitriles is 1. The summed E-state index contributed by atoms with van der Waals surface area (Å²) in [5.41, 5.74) is 2.94. The maximum absolute atomic E-state index is 9.46. The molecule has 22 heavy (non-hydrogen) atoms. The molecular weight excluding hydrogens is 292 g/mol. The fourth-order valence-corrected chi connectivity index (χ4v) is 3.94. The molecule has 0 fully saturated rings. The number of hydrogen-bond acceptors (Lipinski definition) is 4. The van der Waals surface area contributed by atoms with E-state index in [1.54, 1.807) is 11.3 Å². The molecule has 3 rings (SSSR count). The molecule has 0 N–H and O–H groups in total. The molecule has 0 atom stereocenters. The van der Waals surface area contributed by atoms with Crippen LogP contribution in [-0.4, -0.2) is 12.8 Å². The van der Waals surface area contributed by atoms with E-state index in [1.807, 2.05) is 37.4 Å². The van der Waals surface area contributed by atoms with E-state index in [0.717, 1.165) is 34.7 Å². The zero-order valence-electron chi connectivity index (χ0n) is 12.6. The van der Waals surface area contributed by atoms with Crippen LogP contribution in [0.3, 0.4) is 0 Å². The summed E-state index contributed by atoms with van der Waals surface area (Å²) in [4.78, 5) is 5.93. The SMILES string of the molecule is CCOc1ccccc1/C=N/c1sc2c(c1C#N)CCCC2. The van der Waals surface area contributed by atoms with Gasteiger partial charge in [0.05, 0.1) is 12.2 Å². The highest BCUT2D eigenvalue weighted by molar-refractivity contribution is 7.16. The standard InChI is InChI=1S/C18H18N2OS/c1-2-21-16-9-5-3-7-13(16)12-20-18-15(11-19)14-8-4-6-10-17(14)22-18/h3,5,7,9,12H,2,4,6,8,10H2,1H3/b20-12+. The van der Waals surface area contributed by atoms with Gasteiger partial charge in [0.2, 0.25) is 0 Å². The molecule has 1 aliphatic rings. The zero-order valence-corrected chi connectivity index (χ0v) is 13.4. The van der Waals surface area contributed by atoms with E-state index in [0.29, 0.717) is 6.61 Å². The fraction of sp³-hybridized carbons (Fsp3) is 0.333. The number of nitrogens with zero attached hydrogens (tertiary/aromatic N) is 2. The van der Waals surface area contributed by atoms with E-state index < -0.39 is 0 Å². The predicted molar refractivity (Wildman–Crippen MR) is 90.5 cm³/mol. The van der Waals surface area contributed by atoms with Crippen LogP contribution in [0.5, 0.6) is 5.75 Å². The molecule has 0 bridgehead atoms. The number of hydrogen-bond donors (Lipinski definition) is 0. The lowest BCUT2D eigenvalue weighted by Gasteiger charge is -2.09. The summed E-state index contributed by atoms with van der Waals surface area (Å²) < 4.78 is 5.61. The molecule has 112 valence electrons. The minimum absolute atomic E-state index is 0.627. The molecule has 1 aromatic heterocycles. The van der Waals surface area contributed by atoms with Gasteiger partial charge in [0.15, 0.2) is 0 Å². The lowest BCUT2D eigenvalue weighted by atomic mass is 9.96. The molecule has 2 aromatic rings. The lowest BCUT2D eigenvalue weighted by Crippen LogP contribution is -1.99. The van der Waals surface area contributed by atoms with Crippen LogP contribution in [0.4, 0.5) is 5.00 Å². The molecule has 0 spiro atoms. The van der Waals surface area contributed by atoms with E-state index in [9.17, 15) is 5.26 Å². The van der Waals surface area contributed by atoms with Gasteiger partial charge in [-0.15, -0.1) is 11.3 Å². The van der Waals surface area contributed by atoms with Gasteiger partial charge in [-0.25, -0.2) is 4.99 Å². The molecule has 0 aliphatic heterocycles. The number of rotatable bonds is 4. The van der Waals surface area contributed by atoms with Crippen molar-refractivity contribution in [2.24, 2.45) is 4.99 Å². The number of aliphatic imine (C=N–C) groups is 1. The Balaban J connectivity index is 1.93. The van der Waals surface area contributed by atoms with Crippen LogP contribution in [0.1, 0.15) is 41.3 Å². The van der Waals surface area contributed by atoms with Crippen LogP contribution in [0.25, 0.3) is 0 Å². The molecule has 0 radical (unpaired) electrons. The second kappa shape index (κ2) is 6.76. The third-order valence-electron chi connectivity index (χ3n) is 3.80. The van der Waals surface area contributed by atoms with Gasteiger partial charge in [-0.05, 0) is 50.3 Å². The average Bonchev–Trinajstić information content (AvgIpc) is 2.92. The maximum atomic E-state index is 9.46. The van der Waals surface area contributed by atoms with Crippen LogP contribution in [-0.2, 0) is 12.8 Å². The first kappa shape index (κ1) is 14.8. The highest BCUT2D eigenvalue weighted by Crippen LogP contribution is 2.39. The quantitative estimate of drug-likeness (QED) is 0.772. The summed E-state index contributed by atoms with van der Waals surface area (Å²) >= 11 is 1.66. The van der Waals surface area contributed by atoms with Crippen LogP contribution in [0.2, 0.25) is 0 Å². The van der Waals surface area contributed by atoms with Gasteiger partial charge in [-0.3, -0.25) is 0 Å². The topological polar surface area (TPSA) is 45.4 Å². The van der Waals surface area contributed by atoms with Crippen molar-refractivity contribution >= 4 is 22.6 Å².